The molecule has 0 spiro atoms. The minimum Gasteiger partial charge on any atom is -0.497 e. The topological polar surface area (TPSA) is 93.4 Å². The minimum atomic E-state index is -0.683. The zero-order chi connectivity index (χ0) is 17.5. The van der Waals surface area contributed by atoms with Crippen LogP contribution in [0.2, 0.25) is 0 Å². The first-order chi connectivity index (χ1) is 11.5. The Hall–Kier alpha value is -2.54. The Morgan fingerprint density at radius 1 is 1.21 bits per heavy atom. The molecule has 1 atom stereocenters. The number of benzene rings is 2. The number of carbonyl (C=O) groups excluding carboxylic acids is 2. The number of amides is 3. The molecule has 0 fully saturated rings. The molecule has 0 radical (unpaired) electrons. The third kappa shape index (κ3) is 5.27. The van der Waals surface area contributed by atoms with Gasteiger partial charge in [0.05, 0.1) is 19.6 Å². The van der Waals surface area contributed by atoms with E-state index in [2.05, 4.69) is 26.6 Å². The molecule has 0 aliphatic carbocycles. The second kappa shape index (κ2) is 8.35. The fourth-order valence-corrected chi connectivity index (χ4v) is 2.48. The molecule has 6 nitrogen and oxygen atoms in total. The second-order valence-corrected chi connectivity index (χ2v) is 6.01. The van der Waals surface area contributed by atoms with E-state index in [4.69, 9.17) is 10.5 Å². The monoisotopic (exact) mass is 391 g/mol. The van der Waals surface area contributed by atoms with Gasteiger partial charge in [-0.1, -0.05) is 34.1 Å². The predicted octanol–water partition coefficient (Wildman–Crippen LogP) is 3.20. The molecule has 0 aliphatic heterocycles. The molecule has 126 valence electrons. The number of urea groups is 1. The van der Waals surface area contributed by atoms with E-state index in [-0.39, 0.29) is 12.3 Å². The van der Waals surface area contributed by atoms with E-state index in [9.17, 15) is 9.59 Å². The van der Waals surface area contributed by atoms with Crippen LogP contribution in [0.1, 0.15) is 18.0 Å². The highest BCUT2D eigenvalue weighted by Gasteiger charge is 2.17. The zero-order valence-corrected chi connectivity index (χ0v) is 14.7. The Morgan fingerprint density at radius 3 is 2.54 bits per heavy atom. The summed E-state index contributed by atoms with van der Waals surface area (Å²) in [5, 5.41) is 5.37. The van der Waals surface area contributed by atoms with E-state index in [1.54, 1.807) is 31.4 Å². The van der Waals surface area contributed by atoms with Crippen LogP contribution in [0.25, 0.3) is 0 Å². The third-order valence-electron chi connectivity index (χ3n) is 3.33. The number of anilines is 1. The van der Waals surface area contributed by atoms with Gasteiger partial charge in [-0.15, -0.1) is 0 Å². The Kier molecular flexibility index (Phi) is 6.20. The molecular weight excluding hydrogens is 374 g/mol. The molecule has 0 bridgehead atoms. The lowest BCUT2D eigenvalue weighted by Gasteiger charge is -2.18. The van der Waals surface area contributed by atoms with Gasteiger partial charge in [0, 0.05) is 16.2 Å². The highest BCUT2D eigenvalue weighted by Crippen LogP contribution is 2.21. The first-order valence-electron chi connectivity index (χ1n) is 7.23. The van der Waals surface area contributed by atoms with Gasteiger partial charge >= 0.3 is 6.03 Å². The summed E-state index contributed by atoms with van der Waals surface area (Å²) < 4.78 is 6.03. The molecule has 7 heteroatoms. The van der Waals surface area contributed by atoms with Crippen molar-refractivity contribution in [1.29, 1.82) is 0 Å². The van der Waals surface area contributed by atoms with Gasteiger partial charge in [-0.25, -0.2) is 4.79 Å². The fraction of sp³-hybridized carbons (Fsp3) is 0.176. The molecule has 24 heavy (non-hydrogen) atoms. The van der Waals surface area contributed by atoms with Crippen molar-refractivity contribution < 1.29 is 14.3 Å². The lowest BCUT2D eigenvalue weighted by Crippen LogP contribution is -2.35. The summed E-state index contributed by atoms with van der Waals surface area (Å²) in [5.74, 6) is 0.400. The summed E-state index contributed by atoms with van der Waals surface area (Å²) in [6.07, 6.45) is 0.0573. The van der Waals surface area contributed by atoms with Crippen LogP contribution in [0.4, 0.5) is 10.5 Å². The van der Waals surface area contributed by atoms with Gasteiger partial charge in [0.15, 0.2) is 0 Å². The number of hydrogen-bond acceptors (Lipinski definition) is 3. The average molecular weight is 392 g/mol. The van der Waals surface area contributed by atoms with Crippen LogP contribution >= 0.6 is 15.9 Å². The first-order valence-corrected chi connectivity index (χ1v) is 8.02. The van der Waals surface area contributed by atoms with E-state index < -0.39 is 12.1 Å². The number of nitrogens with one attached hydrogen (secondary N) is 2. The van der Waals surface area contributed by atoms with Gasteiger partial charge in [-0.3, -0.25) is 4.79 Å². The predicted molar refractivity (Wildman–Crippen MR) is 95.8 cm³/mol. The quantitative estimate of drug-likeness (QED) is 0.705. The Labute approximate surface area is 148 Å². The lowest BCUT2D eigenvalue weighted by molar-refractivity contribution is -0.116. The van der Waals surface area contributed by atoms with Crippen molar-refractivity contribution >= 4 is 33.6 Å². The summed E-state index contributed by atoms with van der Waals surface area (Å²) in [6.45, 7) is 0. The maximum atomic E-state index is 12.3. The minimum absolute atomic E-state index is 0.0573. The van der Waals surface area contributed by atoms with Gasteiger partial charge in [0.1, 0.15) is 5.75 Å². The largest absolute Gasteiger partial charge is 0.497 e. The molecule has 0 heterocycles. The molecule has 0 unspecified atom stereocenters. The SMILES string of the molecule is COc1cccc(NC(=O)C[C@H](NC(N)=O)c2ccc(Br)cc2)c1. The molecule has 0 aromatic heterocycles. The number of nitrogens with two attached hydrogens (primary N) is 1. The number of rotatable bonds is 6. The smallest absolute Gasteiger partial charge is 0.312 e. The molecule has 2 aromatic carbocycles. The number of carbonyl (C=O) groups is 2. The van der Waals surface area contributed by atoms with E-state index >= 15 is 0 Å². The molecule has 0 saturated heterocycles. The van der Waals surface area contributed by atoms with Crippen molar-refractivity contribution in [3.05, 3.63) is 58.6 Å². The first kappa shape index (κ1) is 17.8. The van der Waals surface area contributed by atoms with Gasteiger partial charge in [-0.05, 0) is 29.8 Å². The van der Waals surface area contributed by atoms with E-state index in [1.165, 1.54) is 0 Å². The van der Waals surface area contributed by atoms with Gasteiger partial charge in [0.2, 0.25) is 5.91 Å². The zero-order valence-electron chi connectivity index (χ0n) is 13.1. The molecule has 3 amide bonds. The van der Waals surface area contributed by atoms with Crippen LogP contribution in [0.15, 0.2) is 53.0 Å². The van der Waals surface area contributed by atoms with Crippen molar-refractivity contribution in [3.63, 3.8) is 0 Å². The van der Waals surface area contributed by atoms with Crippen LogP contribution in [-0.4, -0.2) is 19.0 Å². The Bertz CT molecular complexity index is 719. The Balaban J connectivity index is 2.08. The van der Waals surface area contributed by atoms with Crippen molar-refractivity contribution in [2.24, 2.45) is 5.73 Å². The average Bonchev–Trinajstić information content (AvgIpc) is 2.54. The number of primary amides is 1. The van der Waals surface area contributed by atoms with Crippen LogP contribution in [0.5, 0.6) is 5.75 Å². The van der Waals surface area contributed by atoms with Crippen molar-refractivity contribution in [3.8, 4) is 5.75 Å². The van der Waals surface area contributed by atoms with E-state index in [0.29, 0.717) is 11.4 Å². The van der Waals surface area contributed by atoms with Crippen molar-refractivity contribution in [2.75, 3.05) is 12.4 Å². The normalized spacial score (nSPS) is 11.4. The molecule has 0 saturated carbocycles. The van der Waals surface area contributed by atoms with Crippen molar-refractivity contribution in [2.45, 2.75) is 12.5 Å². The van der Waals surface area contributed by atoms with Crippen LogP contribution in [-0.2, 0) is 4.79 Å². The van der Waals surface area contributed by atoms with Crippen molar-refractivity contribution in [1.82, 2.24) is 5.32 Å². The number of methoxy groups -OCH3 is 1. The molecule has 2 aromatic rings. The fourth-order valence-electron chi connectivity index (χ4n) is 2.22. The third-order valence-corrected chi connectivity index (χ3v) is 3.86. The number of halogens is 1. The number of hydrogen-bond donors (Lipinski definition) is 3. The summed E-state index contributed by atoms with van der Waals surface area (Å²) in [5.41, 5.74) is 6.63. The number of ether oxygens (including phenoxy) is 1. The molecule has 2 rings (SSSR count). The summed E-state index contributed by atoms with van der Waals surface area (Å²) >= 11 is 3.35. The molecule has 4 N–H and O–H groups in total. The highest BCUT2D eigenvalue weighted by molar-refractivity contribution is 9.10. The molecular formula is C17H18BrN3O3. The van der Waals surface area contributed by atoms with Gasteiger partial charge in [0.25, 0.3) is 0 Å². The maximum Gasteiger partial charge on any atom is 0.312 e. The van der Waals surface area contributed by atoms with Gasteiger partial charge < -0.3 is 21.1 Å². The lowest BCUT2D eigenvalue weighted by atomic mass is 10.0. The summed E-state index contributed by atoms with van der Waals surface area (Å²) in [4.78, 5) is 23.5. The second-order valence-electron chi connectivity index (χ2n) is 5.10. The Morgan fingerprint density at radius 2 is 1.92 bits per heavy atom. The summed E-state index contributed by atoms with van der Waals surface area (Å²) in [7, 11) is 1.56. The standard InChI is InChI=1S/C17H18BrN3O3/c1-24-14-4-2-3-13(9-14)20-16(22)10-15(21-17(19)23)11-5-7-12(18)8-6-11/h2-9,15H,10H2,1H3,(H,20,22)(H3,19,21,23)/t15-/m0/s1. The van der Waals surface area contributed by atoms with Gasteiger partial charge in [-0.2, -0.15) is 0 Å². The van der Waals surface area contributed by atoms with Crippen LogP contribution in [0, 0.1) is 0 Å². The maximum absolute atomic E-state index is 12.3. The van der Waals surface area contributed by atoms with Crippen LogP contribution < -0.4 is 21.1 Å². The summed E-state index contributed by atoms with van der Waals surface area (Å²) in [6, 6.07) is 13.2. The van der Waals surface area contributed by atoms with E-state index in [1.807, 2.05) is 24.3 Å². The van der Waals surface area contributed by atoms with E-state index in [0.717, 1.165) is 10.0 Å². The van der Waals surface area contributed by atoms with Crippen LogP contribution in [0.3, 0.4) is 0 Å². The molecule has 0 aliphatic rings. The highest BCUT2D eigenvalue weighted by atomic mass is 79.9.